The molecule has 4 heterocycles. The van der Waals surface area contributed by atoms with E-state index in [2.05, 4.69) is 41.9 Å². The summed E-state index contributed by atoms with van der Waals surface area (Å²) in [5, 5.41) is 17.8. The van der Waals surface area contributed by atoms with Crippen molar-refractivity contribution in [2.24, 2.45) is 23.7 Å². The number of hydrogen-bond donors (Lipinski definition) is 8. The van der Waals surface area contributed by atoms with E-state index >= 15 is 0 Å². The van der Waals surface area contributed by atoms with Gasteiger partial charge < -0.3 is 70.3 Å². The van der Waals surface area contributed by atoms with Crippen LogP contribution in [0.4, 0.5) is 4.79 Å². The number of carbonyl (C=O) groups excluding carboxylic acids is 9. The molecule has 2 aromatic carbocycles. The summed E-state index contributed by atoms with van der Waals surface area (Å²) in [5.74, 6) is -4.51. The Balaban J connectivity index is 1.02. The number of aromatic nitrogens is 2. The number of rotatable bonds is 28. The maximum atomic E-state index is 13.9. The van der Waals surface area contributed by atoms with Gasteiger partial charge in [0, 0.05) is 46.7 Å². The molecule has 6 amide bonds. The fraction of sp³-hybridized carbons (Fsp3) is 0.528. The van der Waals surface area contributed by atoms with Gasteiger partial charge in [0.25, 0.3) is 11.8 Å². The number of ether oxygens (including phenoxy) is 6. The molecule has 2 saturated heterocycles. The number of amides is 6. The van der Waals surface area contributed by atoms with Crippen molar-refractivity contribution >= 4 is 75.0 Å². The summed E-state index contributed by atoms with van der Waals surface area (Å²) in [5.41, 5.74) is 1.68. The summed E-state index contributed by atoms with van der Waals surface area (Å²) in [6, 6.07) is 9.23. The lowest BCUT2D eigenvalue weighted by molar-refractivity contribution is -0.163. The summed E-state index contributed by atoms with van der Waals surface area (Å²) in [6.07, 6.45) is -2.91. The lowest BCUT2D eigenvalue weighted by atomic mass is 9.95. The first-order chi connectivity index (χ1) is 36.2. The number of nitrogens with one attached hydrogen (secondary N) is 8. The highest BCUT2D eigenvalue weighted by atomic mass is 16.8. The minimum Gasteiger partial charge on any atom is -0.496 e. The van der Waals surface area contributed by atoms with Gasteiger partial charge in [0.1, 0.15) is 48.2 Å². The lowest BCUT2D eigenvalue weighted by Crippen LogP contribution is -2.53. The highest BCUT2D eigenvalue weighted by Crippen LogP contribution is 2.28. The predicted molar refractivity (Wildman–Crippen MR) is 275 cm³/mol. The number of benzene rings is 2. The van der Waals surface area contributed by atoms with Crippen LogP contribution in [0.15, 0.2) is 48.5 Å². The van der Waals surface area contributed by atoms with Crippen LogP contribution in [0.25, 0.3) is 21.8 Å². The van der Waals surface area contributed by atoms with Gasteiger partial charge in [-0.25, -0.2) is 4.79 Å². The van der Waals surface area contributed by atoms with E-state index in [4.69, 9.17) is 28.4 Å². The number of hydrogen-bond acceptors (Lipinski definition) is 15. The Labute approximate surface area is 439 Å². The van der Waals surface area contributed by atoms with Gasteiger partial charge in [-0.2, -0.15) is 0 Å². The maximum absolute atomic E-state index is 13.9. The maximum Gasteiger partial charge on any atom is 0.512 e. The Bertz CT molecular complexity index is 2570. The van der Waals surface area contributed by atoms with E-state index in [9.17, 15) is 43.2 Å². The standard InChI is InChI=1S/C53H70N8O15/c1-27(2)19-39(60-51(68)41-23-33-35(56-41)11-9-13-45(33)71-7)49(66)58-37(21-31-15-17-54-47(31)64)43(62)25-73-29(5)75-53(70)76-30(6)74-26-44(63)38(22-32-16-18-55-48(32)65)59-50(67)40(20-28(3)4)61-52(69)42-24-34-36(57-42)12-10-14-46(34)72-8/h9-14,23-24,27-32,37-40,56-57H,15-22,25-26H2,1-8H3,(H,54,64)(H,55,65)(H,58,66)(H,59,67)(H,60,68)(H,61,69)/t29-,30-,31+,32+,37+,38+,39+,40+/m1/s1. The van der Waals surface area contributed by atoms with E-state index in [1.54, 1.807) is 48.5 Å². The fourth-order valence-electron chi connectivity index (χ4n) is 9.10. The molecule has 23 nitrogen and oxygen atoms in total. The molecule has 0 bridgehead atoms. The first-order valence-electron chi connectivity index (χ1n) is 25.5. The molecule has 76 heavy (non-hydrogen) atoms. The molecule has 6 rings (SSSR count). The van der Waals surface area contributed by atoms with Gasteiger partial charge >= 0.3 is 6.16 Å². The lowest BCUT2D eigenvalue weighted by Gasteiger charge is -2.25. The molecule has 0 spiro atoms. The Hall–Kier alpha value is -7.53. The summed E-state index contributed by atoms with van der Waals surface area (Å²) in [6.45, 7) is 9.56. The number of Topliss-reactive ketones (excluding diaryl/α,β-unsaturated/α-hetero) is 2. The second-order valence-electron chi connectivity index (χ2n) is 19.8. The van der Waals surface area contributed by atoms with Gasteiger partial charge in [-0.1, -0.05) is 39.8 Å². The molecule has 23 heteroatoms. The molecular formula is C53H70N8O15. The number of ketones is 2. The van der Waals surface area contributed by atoms with Crippen molar-refractivity contribution in [3.05, 3.63) is 59.9 Å². The normalized spacial score (nSPS) is 17.7. The largest absolute Gasteiger partial charge is 0.512 e. The third-order valence-corrected chi connectivity index (χ3v) is 13.1. The Morgan fingerprint density at radius 1 is 0.566 bits per heavy atom. The van der Waals surface area contributed by atoms with E-state index in [0.717, 1.165) is 0 Å². The van der Waals surface area contributed by atoms with Crippen LogP contribution in [0.3, 0.4) is 0 Å². The van der Waals surface area contributed by atoms with E-state index in [0.29, 0.717) is 59.2 Å². The smallest absolute Gasteiger partial charge is 0.496 e. The van der Waals surface area contributed by atoms with Crippen molar-refractivity contribution < 1.29 is 71.6 Å². The summed E-state index contributed by atoms with van der Waals surface area (Å²) in [4.78, 5) is 127. The van der Waals surface area contributed by atoms with Gasteiger partial charge in [0.15, 0.2) is 11.6 Å². The molecule has 2 fully saturated rings. The second kappa shape index (κ2) is 26.8. The number of fused-ring (bicyclic) bond motifs is 2. The Morgan fingerprint density at radius 2 is 0.961 bits per heavy atom. The average Bonchev–Trinajstić information content (AvgIpc) is 4.21. The molecule has 0 aliphatic carbocycles. The number of H-pyrrole nitrogens is 2. The highest BCUT2D eigenvalue weighted by molar-refractivity contribution is 6.03. The van der Waals surface area contributed by atoms with E-state index in [-0.39, 0.29) is 60.7 Å². The minimum absolute atomic E-state index is 0.0573. The third kappa shape index (κ3) is 15.8. The quantitative estimate of drug-likeness (QED) is 0.0297. The molecule has 2 aliphatic rings. The third-order valence-electron chi connectivity index (χ3n) is 13.1. The molecule has 0 radical (unpaired) electrons. The van der Waals surface area contributed by atoms with Gasteiger partial charge in [0.2, 0.25) is 36.2 Å². The van der Waals surface area contributed by atoms with Crippen LogP contribution in [-0.4, -0.2) is 140 Å². The van der Waals surface area contributed by atoms with Gasteiger partial charge in [-0.15, -0.1) is 0 Å². The SMILES string of the molecule is COc1cccc2[nH]c(C(=O)N[C@@H](CC(C)C)C(=O)N[C@@H](C[C@@H]3CCNC3=O)C(=O)CO[C@@H](C)OC(=O)O[C@H](C)OCC(=O)[C@H](C[C@@H]3CCNC3=O)NC(=O)[C@H](CC(C)C)NC(=O)c3cc4c(OC)cccc4[nH]3)cc12. The second-order valence-corrected chi connectivity index (χ2v) is 19.8. The topological polar surface area (TPSA) is 313 Å². The fourth-order valence-corrected chi connectivity index (χ4v) is 9.10. The molecule has 8 N–H and O–H groups in total. The summed E-state index contributed by atoms with van der Waals surface area (Å²) in [7, 11) is 3.03. The summed E-state index contributed by atoms with van der Waals surface area (Å²) < 4.78 is 32.3. The summed E-state index contributed by atoms with van der Waals surface area (Å²) >= 11 is 0. The van der Waals surface area contributed by atoms with Crippen molar-refractivity contribution in [3.8, 4) is 11.5 Å². The Morgan fingerprint density at radius 3 is 1.30 bits per heavy atom. The van der Waals surface area contributed by atoms with Crippen molar-refractivity contribution in [3.63, 3.8) is 0 Å². The van der Waals surface area contributed by atoms with Crippen molar-refractivity contribution in [2.45, 2.75) is 117 Å². The van der Waals surface area contributed by atoms with Crippen LogP contribution in [0.5, 0.6) is 11.5 Å². The molecule has 2 aliphatic heterocycles. The van der Waals surface area contributed by atoms with Gasteiger partial charge in [-0.05, 0) is 101 Å². The number of methoxy groups -OCH3 is 2. The molecule has 412 valence electrons. The van der Waals surface area contributed by atoms with Crippen LogP contribution < -0.4 is 41.4 Å². The molecule has 4 aromatic rings. The zero-order chi connectivity index (χ0) is 55.2. The number of carbonyl (C=O) groups is 9. The van der Waals surface area contributed by atoms with Crippen LogP contribution in [0.2, 0.25) is 0 Å². The van der Waals surface area contributed by atoms with E-state index < -0.39 is 103 Å². The number of aromatic amines is 2. The molecule has 8 atom stereocenters. The first kappa shape index (κ1) is 57.7. The van der Waals surface area contributed by atoms with Crippen LogP contribution in [0, 0.1) is 23.7 Å². The predicted octanol–water partition coefficient (Wildman–Crippen LogP) is 3.69. The highest BCUT2D eigenvalue weighted by Gasteiger charge is 2.36. The molecule has 2 aromatic heterocycles. The Kier molecular flexibility index (Phi) is 20.4. The van der Waals surface area contributed by atoms with Gasteiger partial charge in [0.05, 0.1) is 26.3 Å². The first-order valence-corrected chi connectivity index (χ1v) is 25.5. The molecule has 0 saturated carbocycles. The molecular weight excluding hydrogens is 989 g/mol. The minimum atomic E-state index is -1.38. The monoisotopic (exact) mass is 1060 g/mol. The zero-order valence-electron chi connectivity index (χ0n) is 44.1. The van der Waals surface area contributed by atoms with Crippen molar-refractivity contribution in [2.75, 3.05) is 40.5 Å². The van der Waals surface area contributed by atoms with Crippen molar-refractivity contribution in [1.29, 1.82) is 0 Å². The average molecular weight is 1060 g/mol. The zero-order valence-corrected chi connectivity index (χ0v) is 44.1. The van der Waals surface area contributed by atoms with Crippen molar-refractivity contribution in [1.82, 2.24) is 41.9 Å². The van der Waals surface area contributed by atoms with Crippen LogP contribution >= 0.6 is 0 Å². The van der Waals surface area contributed by atoms with E-state index in [1.165, 1.54) is 28.1 Å². The van der Waals surface area contributed by atoms with Gasteiger partial charge in [-0.3, -0.25) is 38.4 Å². The molecule has 0 unspecified atom stereocenters. The van der Waals surface area contributed by atoms with E-state index in [1.807, 2.05) is 27.7 Å². The van der Waals surface area contributed by atoms with Crippen LogP contribution in [-0.2, 0) is 47.7 Å². The van der Waals surface area contributed by atoms with Crippen LogP contribution in [0.1, 0.15) is 101 Å².